The third kappa shape index (κ3) is 3.10. The Morgan fingerprint density at radius 2 is 2.50 bits per heavy atom. The smallest absolute Gasteiger partial charge is 0.324 e. The summed E-state index contributed by atoms with van der Waals surface area (Å²) in [6.45, 7) is 2.25. The second-order valence-electron chi connectivity index (χ2n) is 3.36. The Labute approximate surface area is 98.9 Å². The van der Waals surface area contributed by atoms with Gasteiger partial charge in [-0.2, -0.15) is 17.7 Å². The van der Waals surface area contributed by atoms with Crippen molar-refractivity contribution in [1.29, 1.82) is 0 Å². The minimum absolute atomic E-state index is 0.111. The van der Waals surface area contributed by atoms with Gasteiger partial charge in [0.25, 0.3) is 0 Å². The maximum atomic E-state index is 11.0. The molecule has 0 radical (unpaired) electrons. The fraction of sp³-hybridized carbons (Fsp3) is 0.778. The van der Waals surface area contributed by atoms with E-state index in [2.05, 4.69) is 12.6 Å². The van der Waals surface area contributed by atoms with Crippen LogP contribution in [0.1, 0.15) is 13.3 Å². The van der Waals surface area contributed by atoms with Crippen molar-refractivity contribution in [2.45, 2.75) is 25.4 Å². The molecule has 1 aliphatic rings. The summed E-state index contributed by atoms with van der Waals surface area (Å²) in [5, 5.41) is 10.3. The second-order valence-corrected chi connectivity index (χ2v) is 3.72. The van der Waals surface area contributed by atoms with Crippen molar-refractivity contribution in [1.82, 2.24) is 5.06 Å². The number of aliphatic carboxylic acids is 1. The number of ether oxygens (including phenoxy) is 1. The molecular weight excluding hydrogens is 234 g/mol. The van der Waals surface area contributed by atoms with Crippen molar-refractivity contribution >= 4 is 24.6 Å². The van der Waals surface area contributed by atoms with E-state index >= 15 is 0 Å². The number of carboxylic acids is 1. The summed E-state index contributed by atoms with van der Waals surface area (Å²) in [7, 11) is 0. The van der Waals surface area contributed by atoms with E-state index in [1.807, 2.05) is 0 Å². The average Bonchev–Trinajstić information content (AvgIpc) is 2.64. The van der Waals surface area contributed by atoms with Crippen LogP contribution in [0.2, 0.25) is 0 Å². The predicted octanol–water partition coefficient (Wildman–Crippen LogP) is -0.0616. The van der Waals surface area contributed by atoms with Crippen LogP contribution in [0.25, 0.3) is 0 Å². The number of cyclic esters (lactones) is 1. The van der Waals surface area contributed by atoms with Crippen LogP contribution in [0.4, 0.5) is 0 Å². The van der Waals surface area contributed by atoms with Crippen molar-refractivity contribution < 1.29 is 24.3 Å². The molecule has 0 aromatic rings. The van der Waals surface area contributed by atoms with Gasteiger partial charge in [0.2, 0.25) is 0 Å². The number of carbonyl (C=O) groups excluding carboxylic acids is 1. The van der Waals surface area contributed by atoms with E-state index in [9.17, 15) is 9.59 Å². The molecule has 0 aromatic carbocycles. The number of thiol groups is 1. The van der Waals surface area contributed by atoms with E-state index in [1.54, 1.807) is 6.92 Å². The molecule has 7 heteroatoms. The topological polar surface area (TPSA) is 76.1 Å². The number of nitrogens with zero attached hydrogens (tertiary/aromatic N) is 1. The maximum Gasteiger partial charge on any atom is 0.324 e. The number of esters is 1. The molecule has 16 heavy (non-hydrogen) atoms. The molecule has 0 spiro atoms. The van der Waals surface area contributed by atoms with Crippen molar-refractivity contribution in [3.8, 4) is 0 Å². The van der Waals surface area contributed by atoms with Crippen LogP contribution in [0, 0.1) is 0 Å². The molecule has 1 rings (SSSR count). The van der Waals surface area contributed by atoms with E-state index < -0.39 is 12.0 Å². The lowest BCUT2D eigenvalue weighted by Gasteiger charge is -2.30. The van der Waals surface area contributed by atoms with Gasteiger partial charge in [-0.1, -0.05) is 0 Å². The zero-order valence-electron chi connectivity index (χ0n) is 8.96. The first kappa shape index (κ1) is 13.3. The van der Waals surface area contributed by atoms with Gasteiger partial charge in [0.05, 0.1) is 19.1 Å². The zero-order valence-corrected chi connectivity index (χ0v) is 9.85. The predicted molar refractivity (Wildman–Crippen MR) is 58.1 cm³/mol. The highest BCUT2D eigenvalue weighted by Crippen LogP contribution is 2.18. The number of hydroxylamine groups is 2. The summed E-state index contributed by atoms with van der Waals surface area (Å²) in [5.41, 5.74) is 0. The molecular formula is C9H15NO5S. The van der Waals surface area contributed by atoms with E-state index in [-0.39, 0.29) is 30.8 Å². The monoisotopic (exact) mass is 249 g/mol. The summed E-state index contributed by atoms with van der Waals surface area (Å²) >= 11 is 3.97. The number of carbonyl (C=O) groups is 2. The van der Waals surface area contributed by atoms with Gasteiger partial charge in [-0.25, -0.2) is 0 Å². The van der Waals surface area contributed by atoms with Gasteiger partial charge >= 0.3 is 11.9 Å². The van der Waals surface area contributed by atoms with Crippen LogP contribution in [0.15, 0.2) is 0 Å². The molecule has 6 nitrogen and oxygen atoms in total. The van der Waals surface area contributed by atoms with Crippen molar-refractivity contribution in [3.63, 3.8) is 0 Å². The van der Waals surface area contributed by atoms with E-state index in [0.29, 0.717) is 6.61 Å². The van der Waals surface area contributed by atoms with E-state index in [0.717, 1.165) is 0 Å². The van der Waals surface area contributed by atoms with Gasteiger partial charge in [-0.3, -0.25) is 14.4 Å². The molecule has 1 saturated heterocycles. The molecule has 0 aromatic heterocycles. The second kappa shape index (κ2) is 6.07. The van der Waals surface area contributed by atoms with Crippen LogP contribution in [-0.4, -0.2) is 53.2 Å². The summed E-state index contributed by atoms with van der Waals surface area (Å²) in [6, 6.07) is -1.22. The number of carboxylic acid groups (broad SMARTS) is 1. The normalized spacial score (nSPS) is 22.2. The average molecular weight is 249 g/mol. The van der Waals surface area contributed by atoms with Crippen LogP contribution >= 0.6 is 12.6 Å². The first-order valence-corrected chi connectivity index (χ1v) is 5.64. The minimum Gasteiger partial charge on any atom is -0.480 e. The summed E-state index contributed by atoms with van der Waals surface area (Å²) < 4.78 is 4.79. The highest BCUT2D eigenvalue weighted by Gasteiger charge is 2.37. The molecule has 1 fully saturated rings. The Morgan fingerprint density at radius 3 is 2.88 bits per heavy atom. The van der Waals surface area contributed by atoms with Crippen molar-refractivity contribution in [2.24, 2.45) is 0 Å². The molecule has 0 amide bonds. The zero-order chi connectivity index (χ0) is 12.1. The third-order valence-corrected chi connectivity index (χ3v) is 2.59. The number of hydrogen-bond acceptors (Lipinski definition) is 6. The van der Waals surface area contributed by atoms with E-state index in [1.165, 1.54) is 5.06 Å². The lowest BCUT2D eigenvalue weighted by atomic mass is 10.2. The van der Waals surface area contributed by atoms with Gasteiger partial charge in [0.1, 0.15) is 12.6 Å². The Balaban J connectivity index is 2.72. The summed E-state index contributed by atoms with van der Waals surface area (Å²) in [5.74, 6) is -1.25. The lowest BCUT2D eigenvalue weighted by Crippen LogP contribution is -2.48. The third-order valence-electron chi connectivity index (χ3n) is 2.24. The Kier molecular flexibility index (Phi) is 5.04. The molecule has 1 heterocycles. The molecule has 92 valence electrons. The Hall–Kier alpha value is -0.790. The quantitative estimate of drug-likeness (QED) is 0.390. The van der Waals surface area contributed by atoms with Crippen molar-refractivity contribution in [2.75, 3.05) is 19.0 Å². The SMILES string of the molecule is CCON(C1COC(=O)C1)[C@@H](CS)C(=O)O. The largest absolute Gasteiger partial charge is 0.480 e. The lowest BCUT2D eigenvalue weighted by molar-refractivity contribution is -0.212. The summed E-state index contributed by atoms with van der Waals surface area (Å²) in [4.78, 5) is 27.2. The fourth-order valence-corrected chi connectivity index (χ4v) is 1.85. The first-order chi connectivity index (χ1) is 7.60. The van der Waals surface area contributed by atoms with Gasteiger partial charge in [0, 0.05) is 5.75 Å². The molecule has 2 atom stereocenters. The minimum atomic E-state index is -1.03. The first-order valence-electron chi connectivity index (χ1n) is 5.00. The summed E-state index contributed by atoms with van der Waals surface area (Å²) in [6.07, 6.45) is 0.150. The molecule has 0 saturated carbocycles. The highest BCUT2D eigenvalue weighted by molar-refractivity contribution is 7.80. The van der Waals surface area contributed by atoms with Crippen molar-refractivity contribution in [3.05, 3.63) is 0 Å². The van der Waals surface area contributed by atoms with Crippen LogP contribution in [-0.2, 0) is 19.2 Å². The number of hydrogen-bond donors (Lipinski definition) is 2. The molecule has 1 aliphatic heterocycles. The Bertz CT molecular complexity index is 273. The van der Waals surface area contributed by atoms with Gasteiger partial charge in [-0.05, 0) is 6.92 Å². The molecule has 0 aliphatic carbocycles. The molecule has 1 N–H and O–H groups in total. The van der Waals surface area contributed by atoms with Gasteiger partial charge in [0.15, 0.2) is 0 Å². The van der Waals surface area contributed by atoms with Gasteiger partial charge < -0.3 is 9.84 Å². The molecule has 0 bridgehead atoms. The van der Waals surface area contributed by atoms with Crippen LogP contribution < -0.4 is 0 Å². The maximum absolute atomic E-state index is 11.0. The number of rotatable bonds is 6. The Morgan fingerprint density at radius 1 is 1.81 bits per heavy atom. The standard InChI is InChI=1S/C9H15NO5S/c1-2-15-10(7(5-16)9(12)13)6-3-8(11)14-4-6/h6-7,16H,2-5H2,1H3,(H,12,13)/t6?,7-/m0/s1. The van der Waals surface area contributed by atoms with Crippen LogP contribution in [0.5, 0.6) is 0 Å². The highest BCUT2D eigenvalue weighted by atomic mass is 32.1. The van der Waals surface area contributed by atoms with Crippen LogP contribution in [0.3, 0.4) is 0 Å². The fourth-order valence-electron chi connectivity index (χ4n) is 1.53. The van der Waals surface area contributed by atoms with Gasteiger partial charge in [-0.15, -0.1) is 0 Å². The van der Waals surface area contributed by atoms with E-state index in [4.69, 9.17) is 14.7 Å². The molecule has 1 unspecified atom stereocenters.